The lowest BCUT2D eigenvalue weighted by atomic mass is 10.2. The predicted octanol–water partition coefficient (Wildman–Crippen LogP) is 2.54. The number of nitrogens with zero attached hydrogens (tertiary/aromatic N) is 3. The Morgan fingerprint density at radius 1 is 1.30 bits per heavy atom. The smallest absolute Gasteiger partial charge is 0.225 e. The molecule has 0 radical (unpaired) electrons. The van der Waals surface area contributed by atoms with E-state index in [-0.39, 0.29) is 0 Å². The number of pyridine rings is 1. The summed E-state index contributed by atoms with van der Waals surface area (Å²) >= 11 is 1.42. The van der Waals surface area contributed by atoms with Crippen LogP contribution in [0.25, 0.3) is 0 Å². The molecule has 0 aliphatic carbocycles. The van der Waals surface area contributed by atoms with Gasteiger partial charge in [-0.2, -0.15) is 4.98 Å². The average molecular weight is 291 g/mol. The van der Waals surface area contributed by atoms with Gasteiger partial charge in [0.25, 0.3) is 0 Å². The molecular weight excluding hydrogens is 274 g/mol. The predicted molar refractivity (Wildman–Crippen MR) is 80.0 cm³/mol. The van der Waals surface area contributed by atoms with Gasteiger partial charge >= 0.3 is 0 Å². The molecule has 0 atom stereocenters. The fourth-order valence-corrected chi connectivity index (χ4v) is 2.05. The van der Waals surface area contributed by atoms with Gasteiger partial charge in [0.2, 0.25) is 5.88 Å². The lowest BCUT2D eigenvalue weighted by Gasteiger charge is -2.11. The zero-order valence-electron chi connectivity index (χ0n) is 11.7. The first-order valence-corrected chi connectivity index (χ1v) is 7.42. The van der Waals surface area contributed by atoms with Gasteiger partial charge in [0, 0.05) is 11.8 Å². The highest BCUT2D eigenvalue weighted by Gasteiger charge is 2.09. The monoisotopic (exact) mass is 291 g/mol. The zero-order chi connectivity index (χ0) is 14.5. The van der Waals surface area contributed by atoms with Crippen LogP contribution in [0.2, 0.25) is 0 Å². The van der Waals surface area contributed by atoms with Crippen molar-refractivity contribution in [2.75, 3.05) is 11.7 Å². The maximum atomic E-state index is 5.82. The van der Waals surface area contributed by atoms with Crippen LogP contribution in [-0.4, -0.2) is 21.2 Å². The first kappa shape index (κ1) is 14.5. The van der Waals surface area contributed by atoms with Gasteiger partial charge in [-0.15, -0.1) is 0 Å². The molecule has 0 amide bonds. The number of rotatable bonds is 5. The van der Waals surface area contributed by atoms with Crippen LogP contribution in [-0.2, 0) is 6.42 Å². The van der Waals surface area contributed by atoms with Gasteiger partial charge in [0.15, 0.2) is 10.9 Å². The maximum Gasteiger partial charge on any atom is 0.225 e. The molecule has 2 rings (SSSR count). The summed E-state index contributed by atoms with van der Waals surface area (Å²) in [6.07, 6.45) is 2.68. The van der Waals surface area contributed by atoms with Crippen LogP contribution < -0.4 is 16.0 Å². The summed E-state index contributed by atoms with van der Waals surface area (Å²) in [5.74, 6) is 7.05. The van der Waals surface area contributed by atoms with E-state index in [4.69, 9.17) is 10.6 Å². The second-order valence-electron chi connectivity index (χ2n) is 4.08. The van der Waals surface area contributed by atoms with Gasteiger partial charge in [-0.1, -0.05) is 18.7 Å². The van der Waals surface area contributed by atoms with Crippen LogP contribution in [0.5, 0.6) is 11.6 Å². The number of hydrazine groups is 1. The van der Waals surface area contributed by atoms with Crippen molar-refractivity contribution < 1.29 is 4.74 Å². The molecule has 0 saturated heterocycles. The Hall–Kier alpha value is -1.86. The maximum absolute atomic E-state index is 5.82. The molecule has 0 fully saturated rings. The first-order valence-electron chi connectivity index (χ1n) is 6.20. The van der Waals surface area contributed by atoms with Crippen LogP contribution >= 0.6 is 11.8 Å². The number of nitrogen functional groups attached to an aromatic ring is 1. The molecule has 20 heavy (non-hydrogen) atoms. The van der Waals surface area contributed by atoms with Gasteiger partial charge in [0.05, 0.1) is 5.69 Å². The van der Waals surface area contributed by atoms with Gasteiger partial charge in [0.1, 0.15) is 5.82 Å². The summed E-state index contributed by atoms with van der Waals surface area (Å²) in [5, 5.41) is 0.591. The van der Waals surface area contributed by atoms with E-state index < -0.39 is 0 Å². The summed E-state index contributed by atoms with van der Waals surface area (Å²) < 4.78 is 5.82. The van der Waals surface area contributed by atoms with Crippen molar-refractivity contribution in [1.82, 2.24) is 15.0 Å². The summed E-state index contributed by atoms with van der Waals surface area (Å²) in [4.78, 5) is 12.9. The minimum Gasteiger partial charge on any atom is -0.437 e. The van der Waals surface area contributed by atoms with Gasteiger partial charge in [-0.05, 0) is 31.7 Å². The number of anilines is 1. The largest absolute Gasteiger partial charge is 0.437 e. The number of aromatic nitrogens is 3. The lowest BCUT2D eigenvalue weighted by molar-refractivity contribution is 0.447. The summed E-state index contributed by atoms with van der Waals surface area (Å²) in [6.45, 7) is 3.99. The Kier molecular flexibility index (Phi) is 4.75. The van der Waals surface area contributed by atoms with Gasteiger partial charge < -0.3 is 10.2 Å². The Morgan fingerprint density at radius 3 is 2.75 bits per heavy atom. The number of hydrogen-bond donors (Lipinski definition) is 2. The molecule has 0 spiro atoms. The first-order chi connectivity index (χ1) is 9.66. The van der Waals surface area contributed by atoms with Crippen molar-refractivity contribution in [1.29, 1.82) is 0 Å². The Balaban J connectivity index is 2.34. The van der Waals surface area contributed by atoms with E-state index in [0.717, 1.165) is 17.8 Å². The highest BCUT2D eigenvalue weighted by Crippen LogP contribution is 2.26. The molecule has 106 valence electrons. The number of ether oxygens (including phenoxy) is 1. The number of nitrogens with two attached hydrogens (primary N) is 1. The molecule has 0 saturated carbocycles. The fraction of sp³-hybridized carbons (Fsp3) is 0.308. The summed E-state index contributed by atoms with van der Waals surface area (Å²) in [6, 6.07) is 5.46. The molecule has 0 bridgehead atoms. The van der Waals surface area contributed by atoms with Crippen LogP contribution in [0.3, 0.4) is 0 Å². The van der Waals surface area contributed by atoms with Crippen molar-refractivity contribution in [3.63, 3.8) is 0 Å². The molecule has 3 N–H and O–H groups in total. The van der Waals surface area contributed by atoms with Gasteiger partial charge in [-0.3, -0.25) is 4.98 Å². The topological polar surface area (TPSA) is 86.0 Å². The minimum absolute atomic E-state index is 0.442. The molecule has 0 aromatic carbocycles. The molecule has 6 nitrogen and oxygen atoms in total. The second kappa shape index (κ2) is 6.53. The van der Waals surface area contributed by atoms with E-state index in [2.05, 4.69) is 20.4 Å². The third kappa shape index (κ3) is 3.37. The van der Waals surface area contributed by atoms with E-state index in [1.165, 1.54) is 11.8 Å². The van der Waals surface area contributed by atoms with Crippen LogP contribution in [0.15, 0.2) is 23.4 Å². The molecule has 7 heteroatoms. The third-order valence-electron chi connectivity index (χ3n) is 2.63. The van der Waals surface area contributed by atoms with Crippen LogP contribution in [0.1, 0.15) is 18.3 Å². The number of aryl methyl sites for hydroxylation is 2. The summed E-state index contributed by atoms with van der Waals surface area (Å²) in [7, 11) is 0. The molecule has 2 aromatic heterocycles. The third-order valence-corrected chi connectivity index (χ3v) is 3.18. The molecule has 2 aromatic rings. The van der Waals surface area contributed by atoms with Gasteiger partial charge in [-0.25, -0.2) is 10.8 Å². The zero-order valence-corrected chi connectivity index (χ0v) is 12.5. The van der Waals surface area contributed by atoms with Crippen molar-refractivity contribution in [3.8, 4) is 11.6 Å². The highest BCUT2D eigenvalue weighted by molar-refractivity contribution is 7.98. The van der Waals surface area contributed by atoms with E-state index in [0.29, 0.717) is 22.6 Å². The Labute approximate surface area is 122 Å². The van der Waals surface area contributed by atoms with Crippen LogP contribution in [0, 0.1) is 6.92 Å². The standard InChI is InChI=1S/C13H17N5OS/c1-4-9-10(6-5-8(2)15-9)19-12-7-11(18-14)16-13(17-12)20-3/h5-7H,4,14H2,1-3H3,(H,16,17,18). The van der Waals surface area contributed by atoms with E-state index >= 15 is 0 Å². The van der Waals surface area contributed by atoms with E-state index in [1.807, 2.05) is 32.2 Å². The number of nitrogens with one attached hydrogen (secondary N) is 1. The fourth-order valence-electron chi connectivity index (χ4n) is 1.68. The van der Waals surface area contributed by atoms with E-state index in [1.54, 1.807) is 6.07 Å². The molecule has 2 heterocycles. The molecular formula is C13H17N5OS. The number of hydrogen-bond acceptors (Lipinski definition) is 7. The summed E-state index contributed by atoms with van der Waals surface area (Å²) in [5.41, 5.74) is 4.37. The van der Waals surface area contributed by atoms with Crippen molar-refractivity contribution in [3.05, 3.63) is 29.6 Å². The Morgan fingerprint density at radius 2 is 2.10 bits per heavy atom. The highest BCUT2D eigenvalue weighted by atomic mass is 32.2. The lowest BCUT2D eigenvalue weighted by Crippen LogP contribution is -2.09. The van der Waals surface area contributed by atoms with Crippen molar-refractivity contribution in [2.24, 2.45) is 5.84 Å². The van der Waals surface area contributed by atoms with Crippen molar-refractivity contribution >= 4 is 17.6 Å². The molecule has 0 aliphatic heterocycles. The number of thioether (sulfide) groups is 1. The molecule has 0 aliphatic rings. The molecule has 0 unspecified atom stereocenters. The second-order valence-corrected chi connectivity index (χ2v) is 4.85. The Bertz CT molecular complexity index is 583. The normalized spacial score (nSPS) is 10.4. The van der Waals surface area contributed by atoms with E-state index in [9.17, 15) is 0 Å². The minimum atomic E-state index is 0.442. The average Bonchev–Trinajstić information content (AvgIpc) is 2.48. The SMILES string of the molecule is CCc1nc(C)ccc1Oc1cc(NN)nc(SC)n1. The van der Waals surface area contributed by atoms with Crippen LogP contribution in [0.4, 0.5) is 5.82 Å². The van der Waals surface area contributed by atoms with Crippen molar-refractivity contribution in [2.45, 2.75) is 25.4 Å². The quantitative estimate of drug-likeness (QED) is 0.379.